The van der Waals surface area contributed by atoms with E-state index in [1.807, 2.05) is 13.8 Å². The van der Waals surface area contributed by atoms with Crippen molar-refractivity contribution in [1.29, 1.82) is 0 Å². The van der Waals surface area contributed by atoms with E-state index in [1.54, 1.807) is 6.92 Å². The molecule has 0 saturated heterocycles. The van der Waals surface area contributed by atoms with Gasteiger partial charge in [-0.1, -0.05) is 20.3 Å². The molecule has 0 fully saturated rings. The van der Waals surface area contributed by atoms with Crippen molar-refractivity contribution < 1.29 is 14.7 Å². The Labute approximate surface area is 96.6 Å². The second-order valence-corrected chi connectivity index (χ2v) is 4.04. The minimum absolute atomic E-state index is 0.223. The number of carbonyl (C=O) groups is 2. The number of aliphatic carboxylic acids is 1. The van der Waals surface area contributed by atoms with Crippen LogP contribution in [0.3, 0.4) is 0 Å². The normalized spacial score (nSPS) is 14.2. The topological polar surface area (TPSA) is 78.4 Å². The smallest absolute Gasteiger partial charge is 0.329 e. The van der Waals surface area contributed by atoms with Crippen LogP contribution in [-0.2, 0) is 9.59 Å². The fourth-order valence-corrected chi connectivity index (χ4v) is 1.47. The molecule has 16 heavy (non-hydrogen) atoms. The highest BCUT2D eigenvalue weighted by Crippen LogP contribution is 2.12. The molecule has 0 aliphatic rings. The highest BCUT2D eigenvalue weighted by molar-refractivity contribution is 5.86. The van der Waals surface area contributed by atoms with Gasteiger partial charge < -0.3 is 15.7 Å². The van der Waals surface area contributed by atoms with Crippen LogP contribution in [0, 0.1) is 0 Å². The molecule has 0 bridgehead atoms. The first-order valence-electron chi connectivity index (χ1n) is 5.71. The molecular weight excluding hydrogens is 208 g/mol. The predicted octanol–water partition coefficient (Wildman–Crippen LogP) is 0.746. The van der Waals surface area contributed by atoms with Gasteiger partial charge in [-0.25, -0.2) is 4.79 Å². The highest BCUT2D eigenvalue weighted by atomic mass is 16.4. The van der Waals surface area contributed by atoms with Gasteiger partial charge in [-0.15, -0.1) is 0 Å². The first kappa shape index (κ1) is 14.9. The van der Waals surface area contributed by atoms with Crippen LogP contribution >= 0.6 is 0 Å². The summed E-state index contributed by atoms with van der Waals surface area (Å²) in [5.74, 6) is -1.20. The zero-order valence-electron chi connectivity index (χ0n) is 10.3. The van der Waals surface area contributed by atoms with Gasteiger partial charge in [-0.2, -0.15) is 0 Å². The van der Waals surface area contributed by atoms with E-state index in [0.29, 0.717) is 19.4 Å². The third-order valence-electron chi connectivity index (χ3n) is 2.42. The summed E-state index contributed by atoms with van der Waals surface area (Å²) in [5.41, 5.74) is -1.14. The van der Waals surface area contributed by atoms with E-state index in [1.165, 1.54) is 0 Å². The van der Waals surface area contributed by atoms with Crippen LogP contribution < -0.4 is 10.6 Å². The van der Waals surface area contributed by atoms with Gasteiger partial charge in [0.2, 0.25) is 5.91 Å². The van der Waals surface area contributed by atoms with E-state index in [-0.39, 0.29) is 5.91 Å². The lowest BCUT2D eigenvalue weighted by Crippen LogP contribution is -2.52. The van der Waals surface area contributed by atoms with E-state index in [4.69, 9.17) is 5.11 Å². The standard InChI is InChI=1S/C11H22N2O3/c1-4-7-11(3,10(15)16)13-9(14)6-8-12-5-2/h12H,4-8H2,1-3H3,(H,13,14)(H,15,16). The molecule has 1 unspecified atom stereocenters. The number of rotatable bonds is 8. The molecule has 0 saturated carbocycles. The molecule has 0 aromatic heterocycles. The van der Waals surface area contributed by atoms with E-state index in [9.17, 15) is 9.59 Å². The van der Waals surface area contributed by atoms with Gasteiger partial charge in [-0.05, 0) is 19.9 Å². The lowest BCUT2D eigenvalue weighted by Gasteiger charge is -2.25. The molecule has 1 amide bonds. The average Bonchev–Trinajstić information content (AvgIpc) is 2.18. The lowest BCUT2D eigenvalue weighted by atomic mass is 9.96. The predicted molar refractivity (Wildman–Crippen MR) is 62.3 cm³/mol. The van der Waals surface area contributed by atoms with E-state index >= 15 is 0 Å². The maximum atomic E-state index is 11.5. The van der Waals surface area contributed by atoms with Gasteiger partial charge in [0.15, 0.2) is 0 Å². The van der Waals surface area contributed by atoms with Gasteiger partial charge in [-0.3, -0.25) is 4.79 Å². The third-order valence-corrected chi connectivity index (χ3v) is 2.42. The number of amides is 1. The molecule has 0 aromatic carbocycles. The second kappa shape index (κ2) is 7.22. The Morgan fingerprint density at radius 1 is 1.31 bits per heavy atom. The first-order chi connectivity index (χ1) is 7.46. The summed E-state index contributed by atoms with van der Waals surface area (Å²) in [6, 6.07) is 0. The zero-order valence-corrected chi connectivity index (χ0v) is 10.3. The molecule has 1 atom stereocenters. The van der Waals surface area contributed by atoms with Crippen LogP contribution in [0.25, 0.3) is 0 Å². The van der Waals surface area contributed by atoms with Gasteiger partial charge in [0.1, 0.15) is 5.54 Å². The van der Waals surface area contributed by atoms with Gasteiger partial charge in [0.25, 0.3) is 0 Å². The summed E-state index contributed by atoms with van der Waals surface area (Å²) < 4.78 is 0. The van der Waals surface area contributed by atoms with Crippen molar-refractivity contribution in [2.45, 2.75) is 45.6 Å². The van der Waals surface area contributed by atoms with E-state index < -0.39 is 11.5 Å². The Kier molecular flexibility index (Phi) is 6.72. The lowest BCUT2D eigenvalue weighted by molar-refractivity contribution is -0.147. The zero-order chi connectivity index (χ0) is 12.6. The summed E-state index contributed by atoms with van der Waals surface area (Å²) in [6.45, 7) is 6.77. The Morgan fingerprint density at radius 2 is 1.94 bits per heavy atom. The SMILES string of the molecule is CCCC(C)(NC(=O)CCNCC)C(=O)O. The quantitative estimate of drug-likeness (QED) is 0.538. The van der Waals surface area contributed by atoms with E-state index in [0.717, 1.165) is 13.0 Å². The minimum atomic E-state index is -1.14. The van der Waals surface area contributed by atoms with Crippen molar-refractivity contribution in [3.05, 3.63) is 0 Å². The van der Waals surface area contributed by atoms with E-state index in [2.05, 4.69) is 10.6 Å². The monoisotopic (exact) mass is 230 g/mol. The number of nitrogens with one attached hydrogen (secondary N) is 2. The fraction of sp³-hybridized carbons (Fsp3) is 0.818. The molecule has 0 aliphatic heterocycles. The molecule has 0 spiro atoms. The molecule has 0 rings (SSSR count). The maximum absolute atomic E-state index is 11.5. The van der Waals surface area contributed by atoms with Crippen LogP contribution in [0.2, 0.25) is 0 Å². The molecule has 5 nitrogen and oxygen atoms in total. The average molecular weight is 230 g/mol. The summed E-state index contributed by atoms with van der Waals surface area (Å²) in [7, 11) is 0. The van der Waals surface area contributed by atoms with Crippen LogP contribution in [0.1, 0.15) is 40.0 Å². The van der Waals surface area contributed by atoms with Crippen LogP contribution in [-0.4, -0.2) is 35.6 Å². The van der Waals surface area contributed by atoms with Crippen molar-refractivity contribution in [2.75, 3.05) is 13.1 Å². The molecule has 0 heterocycles. The summed E-state index contributed by atoms with van der Waals surface area (Å²) >= 11 is 0. The minimum Gasteiger partial charge on any atom is -0.480 e. The van der Waals surface area contributed by atoms with Crippen molar-refractivity contribution in [2.24, 2.45) is 0 Å². The molecule has 0 aromatic rings. The van der Waals surface area contributed by atoms with Crippen LogP contribution in [0.4, 0.5) is 0 Å². The fourth-order valence-electron chi connectivity index (χ4n) is 1.47. The largest absolute Gasteiger partial charge is 0.480 e. The molecule has 3 N–H and O–H groups in total. The van der Waals surface area contributed by atoms with Gasteiger partial charge in [0, 0.05) is 13.0 Å². The Morgan fingerprint density at radius 3 is 2.38 bits per heavy atom. The molecule has 0 aliphatic carbocycles. The van der Waals surface area contributed by atoms with Gasteiger partial charge in [0.05, 0.1) is 0 Å². The van der Waals surface area contributed by atoms with Crippen molar-refractivity contribution in [3.63, 3.8) is 0 Å². The number of carbonyl (C=O) groups excluding carboxylic acids is 1. The molecule has 94 valence electrons. The number of carboxylic acid groups (broad SMARTS) is 1. The number of hydrogen-bond donors (Lipinski definition) is 3. The third kappa shape index (κ3) is 5.11. The Bertz CT molecular complexity index is 243. The van der Waals surface area contributed by atoms with Crippen LogP contribution in [0.15, 0.2) is 0 Å². The highest BCUT2D eigenvalue weighted by Gasteiger charge is 2.33. The molecular formula is C11H22N2O3. The second-order valence-electron chi connectivity index (χ2n) is 4.04. The van der Waals surface area contributed by atoms with Crippen molar-refractivity contribution >= 4 is 11.9 Å². The Balaban J connectivity index is 4.19. The number of carboxylic acids is 1. The number of hydrogen-bond acceptors (Lipinski definition) is 3. The van der Waals surface area contributed by atoms with Crippen molar-refractivity contribution in [1.82, 2.24) is 10.6 Å². The van der Waals surface area contributed by atoms with Crippen molar-refractivity contribution in [3.8, 4) is 0 Å². The first-order valence-corrected chi connectivity index (χ1v) is 5.71. The Hall–Kier alpha value is -1.10. The summed E-state index contributed by atoms with van der Waals surface area (Å²) in [6.07, 6.45) is 1.46. The van der Waals surface area contributed by atoms with Gasteiger partial charge >= 0.3 is 5.97 Å². The summed E-state index contributed by atoms with van der Waals surface area (Å²) in [4.78, 5) is 22.5. The molecule has 5 heteroatoms. The van der Waals surface area contributed by atoms with Crippen LogP contribution in [0.5, 0.6) is 0 Å². The maximum Gasteiger partial charge on any atom is 0.329 e. The molecule has 0 radical (unpaired) electrons. The summed E-state index contributed by atoms with van der Waals surface area (Å²) in [5, 5.41) is 14.6.